The molecule has 1 unspecified atom stereocenters. The Bertz CT molecular complexity index is 776. The smallest absolute Gasteiger partial charge is 0.313 e. The number of hydrogen-bond donors (Lipinski definition) is 3. The number of methoxy groups -OCH3 is 2. The summed E-state index contributed by atoms with van der Waals surface area (Å²) in [6.45, 7) is 1.66. The Kier molecular flexibility index (Phi) is 5.84. The maximum atomic E-state index is 12.1. The third-order valence-electron chi connectivity index (χ3n) is 3.58. The molecule has 0 radical (unpaired) electrons. The van der Waals surface area contributed by atoms with Crippen LogP contribution in [0.2, 0.25) is 0 Å². The molecule has 2 aromatic carbocycles. The Morgan fingerprint density at radius 2 is 1.68 bits per heavy atom. The lowest BCUT2D eigenvalue weighted by molar-refractivity contribution is -0.136. The minimum Gasteiger partial charge on any atom is -0.508 e. The number of rotatable bonds is 5. The molecule has 0 spiro atoms. The van der Waals surface area contributed by atoms with Crippen LogP contribution in [-0.2, 0) is 9.59 Å². The van der Waals surface area contributed by atoms with Crippen LogP contribution in [0, 0.1) is 0 Å². The van der Waals surface area contributed by atoms with Gasteiger partial charge in [0.25, 0.3) is 0 Å². The number of carbonyl (C=O) groups excluding carboxylic acids is 2. The molecule has 0 aromatic heterocycles. The quantitative estimate of drug-likeness (QED) is 0.723. The minimum absolute atomic E-state index is 0.00167. The van der Waals surface area contributed by atoms with E-state index in [1.807, 2.05) is 0 Å². The molecule has 2 aromatic rings. The molecule has 25 heavy (non-hydrogen) atoms. The van der Waals surface area contributed by atoms with Crippen LogP contribution in [0.1, 0.15) is 18.5 Å². The highest BCUT2D eigenvalue weighted by Crippen LogP contribution is 2.28. The van der Waals surface area contributed by atoms with Gasteiger partial charge in [-0.2, -0.15) is 0 Å². The highest BCUT2D eigenvalue weighted by molar-refractivity contribution is 6.39. The van der Waals surface area contributed by atoms with E-state index in [-0.39, 0.29) is 5.75 Å². The second kappa shape index (κ2) is 8.05. The van der Waals surface area contributed by atoms with Gasteiger partial charge in [-0.1, -0.05) is 6.07 Å². The van der Waals surface area contributed by atoms with Crippen molar-refractivity contribution in [2.75, 3.05) is 19.5 Å². The van der Waals surface area contributed by atoms with Crippen LogP contribution in [-0.4, -0.2) is 31.1 Å². The molecule has 132 valence electrons. The van der Waals surface area contributed by atoms with Crippen molar-refractivity contribution in [3.05, 3.63) is 48.0 Å². The lowest BCUT2D eigenvalue weighted by atomic mass is 10.1. The molecule has 0 aliphatic heterocycles. The van der Waals surface area contributed by atoms with Gasteiger partial charge in [-0.15, -0.1) is 0 Å². The summed E-state index contributed by atoms with van der Waals surface area (Å²) in [6.07, 6.45) is 0. The van der Waals surface area contributed by atoms with E-state index in [0.717, 1.165) is 0 Å². The molecule has 2 rings (SSSR count). The molecule has 0 bridgehead atoms. The van der Waals surface area contributed by atoms with Crippen LogP contribution in [0.15, 0.2) is 42.5 Å². The summed E-state index contributed by atoms with van der Waals surface area (Å²) in [6, 6.07) is 10.7. The fourth-order valence-electron chi connectivity index (χ4n) is 2.24. The molecule has 7 nitrogen and oxygen atoms in total. The topological polar surface area (TPSA) is 96.9 Å². The van der Waals surface area contributed by atoms with Gasteiger partial charge in [-0.05, 0) is 37.3 Å². The zero-order valence-electron chi connectivity index (χ0n) is 14.2. The number of carbonyl (C=O) groups is 2. The number of benzene rings is 2. The Hall–Kier alpha value is -3.22. The molecule has 7 heteroatoms. The minimum atomic E-state index is -0.822. The van der Waals surface area contributed by atoms with E-state index in [9.17, 15) is 14.7 Å². The fraction of sp³-hybridized carbons (Fsp3) is 0.222. The first kappa shape index (κ1) is 18.1. The van der Waals surface area contributed by atoms with Gasteiger partial charge in [-0.3, -0.25) is 9.59 Å². The van der Waals surface area contributed by atoms with E-state index < -0.39 is 17.9 Å². The lowest BCUT2D eigenvalue weighted by Crippen LogP contribution is -2.36. The fourth-order valence-corrected chi connectivity index (χ4v) is 2.24. The maximum absolute atomic E-state index is 12.1. The van der Waals surface area contributed by atoms with Crippen molar-refractivity contribution >= 4 is 17.5 Å². The predicted octanol–water partition coefficient (Wildman–Crippen LogP) is 2.23. The highest BCUT2D eigenvalue weighted by atomic mass is 16.5. The molecule has 2 amide bonds. The molecule has 0 heterocycles. The SMILES string of the molecule is COc1cccc(NC(=O)C(=O)NC(C)c2cc(OC)ccc2O)c1. The number of phenols is 1. The number of amides is 2. The van der Waals surface area contributed by atoms with Crippen molar-refractivity contribution in [3.8, 4) is 17.2 Å². The zero-order chi connectivity index (χ0) is 18.4. The van der Waals surface area contributed by atoms with Crippen molar-refractivity contribution in [2.24, 2.45) is 0 Å². The molecule has 0 saturated heterocycles. The predicted molar refractivity (Wildman–Crippen MR) is 92.8 cm³/mol. The van der Waals surface area contributed by atoms with Crippen molar-refractivity contribution in [2.45, 2.75) is 13.0 Å². The molecule has 3 N–H and O–H groups in total. The first-order valence-electron chi connectivity index (χ1n) is 7.57. The van der Waals surface area contributed by atoms with E-state index in [1.54, 1.807) is 43.3 Å². The van der Waals surface area contributed by atoms with E-state index in [4.69, 9.17) is 9.47 Å². The number of ether oxygens (including phenoxy) is 2. The van der Waals surface area contributed by atoms with Crippen LogP contribution >= 0.6 is 0 Å². The van der Waals surface area contributed by atoms with Crippen molar-refractivity contribution < 1.29 is 24.2 Å². The highest BCUT2D eigenvalue weighted by Gasteiger charge is 2.19. The lowest BCUT2D eigenvalue weighted by Gasteiger charge is -2.16. The van der Waals surface area contributed by atoms with E-state index >= 15 is 0 Å². The van der Waals surface area contributed by atoms with Crippen LogP contribution in [0.3, 0.4) is 0 Å². The summed E-state index contributed by atoms with van der Waals surface area (Å²) < 4.78 is 10.2. The summed E-state index contributed by atoms with van der Waals surface area (Å²) in [7, 11) is 3.01. The third kappa shape index (κ3) is 4.63. The molecule has 0 aliphatic carbocycles. The van der Waals surface area contributed by atoms with Crippen LogP contribution < -0.4 is 20.1 Å². The molecular formula is C18H20N2O5. The van der Waals surface area contributed by atoms with Crippen LogP contribution in [0.4, 0.5) is 5.69 Å². The van der Waals surface area contributed by atoms with E-state index in [0.29, 0.717) is 22.7 Å². The first-order chi connectivity index (χ1) is 11.9. The summed E-state index contributed by atoms with van der Waals surface area (Å²) >= 11 is 0. The number of anilines is 1. The van der Waals surface area contributed by atoms with Gasteiger partial charge in [0.15, 0.2) is 0 Å². The second-order valence-electron chi connectivity index (χ2n) is 5.31. The molecule has 0 fully saturated rings. The van der Waals surface area contributed by atoms with Gasteiger partial charge in [-0.25, -0.2) is 0 Å². The Morgan fingerprint density at radius 3 is 2.36 bits per heavy atom. The third-order valence-corrected chi connectivity index (χ3v) is 3.58. The number of hydrogen-bond acceptors (Lipinski definition) is 5. The first-order valence-corrected chi connectivity index (χ1v) is 7.57. The van der Waals surface area contributed by atoms with Gasteiger partial charge in [0.2, 0.25) is 0 Å². The Morgan fingerprint density at radius 1 is 1.00 bits per heavy atom. The van der Waals surface area contributed by atoms with Crippen molar-refractivity contribution in [1.29, 1.82) is 0 Å². The monoisotopic (exact) mass is 344 g/mol. The summed E-state index contributed by atoms with van der Waals surface area (Å²) in [4.78, 5) is 24.1. The van der Waals surface area contributed by atoms with Crippen LogP contribution in [0.25, 0.3) is 0 Å². The Labute approximate surface area is 145 Å². The second-order valence-corrected chi connectivity index (χ2v) is 5.31. The van der Waals surface area contributed by atoms with Gasteiger partial charge >= 0.3 is 11.8 Å². The number of phenolic OH excluding ortho intramolecular Hbond substituents is 1. The van der Waals surface area contributed by atoms with Crippen molar-refractivity contribution in [3.63, 3.8) is 0 Å². The summed E-state index contributed by atoms with van der Waals surface area (Å²) in [5.41, 5.74) is 0.887. The maximum Gasteiger partial charge on any atom is 0.313 e. The molecule has 1 atom stereocenters. The van der Waals surface area contributed by atoms with Gasteiger partial charge in [0.1, 0.15) is 17.2 Å². The number of aromatic hydroxyl groups is 1. The van der Waals surface area contributed by atoms with E-state index in [1.165, 1.54) is 20.3 Å². The average molecular weight is 344 g/mol. The summed E-state index contributed by atoms with van der Waals surface area (Å²) in [5.74, 6) is -0.538. The largest absolute Gasteiger partial charge is 0.508 e. The van der Waals surface area contributed by atoms with Gasteiger partial charge in [0, 0.05) is 17.3 Å². The zero-order valence-corrected chi connectivity index (χ0v) is 14.2. The molecule has 0 saturated carbocycles. The van der Waals surface area contributed by atoms with Crippen LogP contribution in [0.5, 0.6) is 17.2 Å². The van der Waals surface area contributed by atoms with Crippen molar-refractivity contribution in [1.82, 2.24) is 5.32 Å². The van der Waals surface area contributed by atoms with Gasteiger partial charge < -0.3 is 25.2 Å². The normalized spacial score (nSPS) is 11.3. The molecule has 0 aliphatic rings. The summed E-state index contributed by atoms with van der Waals surface area (Å²) in [5, 5.41) is 15.0. The Balaban J connectivity index is 2.04. The number of nitrogens with one attached hydrogen (secondary N) is 2. The van der Waals surface area contributed by atoms with E-state index in [2.05, 4.69) is 10.6 Å². The molecular weight excluding hydrogens is 324 g/mol. The van der Waals surface area contributed by atoms with Gasteiger partial charge in [0.05, 0.1) is 20.3 Å². The standard InChI is InChI=1S/C18H20N2O5/c1-11(15-10-14(25-3)7-8-16(15)21)19-17(22)18(23)20-12-5-4-6-13(9-12)24-2/h4-11,21H,1-3H3,(H,19,22)(H,20,23). The average Bonchev–Trinajstić information content (AvgIpc) is 2.62.